The largest absolute Gasteiger partial charge is 0.506 e. The molecule has 4 N–H and O–H groups in total. The number of nitrogens with two attached hydrogens (primary N) is 1. The predicted octanol–water partition coefficient (Wildman–Crippen LogP) is 3.82. The molecule has 3 rings (SSSR count). The van der Waals surface area contributed by atoms with E-state index in [0.717, 1.165) is 11.0 Å². The van der Waals surface area contributed by atoms with Crippen LogP contribution in [0, 0.1) is 0 Å². The Morgan fingerprint density at radius 3 is 2.74 bits per heavy atom. The minimum Gasteiger partial charge on any atom is -0.506 e. The third-order valence-electron chi connectivity index (χ3n) is 2.79. The van der Waals surface area contributed by atoms with Crippen molar-refractivity contribution in [2.24, 2.45) is 0 Å². The quantitative estimate of drug-likeness (QED) is 0.597. The monoisotopic (exact) mass is 293 g/mol. The number of imidazole rings is 1. The van der Waals surface area contributed by atoms with E-state index in [0.29, 0.717) is 22.1 Å². The molecule has 1 aromatic heterocycles. The van der Waals surface area contributed by atoms with Crippen LogP contribution in [-0.4, -0.2) is 15.1 Å². The molecule has 0 saturated carbocycles. The molecule has 0 amide bonds. The van der Waals surface area contributed by atoms with E-state index in [2.05, 4.69) is 9.97 Å². The predicted molar refractivity (Wildman–Crippen MR) is 77.6 cm³/mol. The van der Waals surface area contributed by atoms with Crippen molar-refractivity contribution in [2.75, 3.05) is 5.73 Å². The van der Waals surface area contributed by atoms with Gasteiger partial charge >= 0.3 is 0 Å². The van der Waals surface area contributed by atoms with E-state index in [4.69, 9.17) is 28.9 Å². The Morgan fingerprint density at radius 1 is 1.16 bits per heavy atom. The number of halogens is 2. The topological polar surface area (TPSA) is 74.9 Å². The summed E-state index contributed by atoms with van der Waals surface area (Å²) in [5, 5.41) is 10.6. The Morgan fingerprint density at radius 2 is 1.95 bits per heavy atom. The number of hydrogen-bond acceptors (Lipinski definition) is 3. The number of nitrogens with one attached hydrogen (secondary N) is 1. The third-order valence-corrected chi connectivity index (χ3v) is 3.30. The number of rotatable bonds is 1. The molecule has 96 valence electrons. The van der Waals surface area contributed by atoms with Gasteiger partial charge in [0.15, 0.2) is 0 Å². The Bertz CT molecular complexity index is 783. The fourth-order valence-electron chi connectivity index (χ4n) is 1.90. The van der Waals surface area contributed by atoms with Crippen LogP contribution in [0.1, 0.15) is 0 Å². The number of benzene rings is 2. The molecule has 1 heterocycles. The lowest BCUT2D eigenvalue weighted by molar-refractivity contribution is 0.477. The number of aromatic hydroxyl groups is 1. The molecular formula is C13H9Cl2N3O. The molecule has 0 aliphatic heterocycles. The van der Waals surface area contributed by atoms with Crippen molar-refractivity contribution in [1.82, 2.24) is 9.97 Å². The molecule has 0 bridgehead atoms. The number of nitrogens with zero attached hydrogens (tertiary/aromatic N) is 1. The van der Waals surface area contributed by atoms with Crippen LogP contribution >= 0.6 is 23.2 Å². The number of hydrogen-bond donors (Lipinski definition) is 3. The highest BCUT2D eigenvalue weighted by molar-refractivity contribution is 6.36. The zero-order chi connectivity index (χ0) is 13.6. The molecule has 4 nitrogen and oxygen atoms in total. The van der Waals surface area contributed by atoms with Crippen molar-refractivity contribution in [3.05, 3.63) is 40.4 Å². The molecule has 0 unspecified atom stereocenters. The minimum absolute atomic E-state index is 0.0573. The first-order valence-electron chi connectivity index (χ1n) is 5.48. The maximum absolute atomic E-state index is 9.98. The summed E-state index contributed by atoms with van der Waals surface area (Å²) in [4.78, 5) is 7.46. The summed E-state index contributed by atoms with van der Waals surface area (Å²) in [6.07, 6.45) is 0. The summed E-state index contributed by atoms with van der Waals surface area (Å²) in [6, 6.07) is 8.41. The first-order chi connectivity index (χ1) is 9.04. The molecule has 0 fully saturated rings. The lowest BCUT2D eigenvalue weighted by atomic mass is 10.2. The van der Waals surface area contributed by atoms with E-state index >= 15 is 0 Å². The van der Waals surface area contributed by atoms with Gasteiger partial charge in [-0.15, -0.1) is 0 Å². The number of phenolic OH excluding ortho intramolecular Hbond substituents is 1. The molecular weight excluding hydrogens is 285 g/mol. The molecule has 0 saturated heterocycles. The normalized spacial score (nSPS) is 11.1. The second-order valence-corrected chi connectivity index (χ2v) is 4.99. The summed E-state index contributed by atoms with van der Waals surface area (Å²) in [6.45, 7) is 0. The number of aromatic amines is 1. The molecule has 0 aliphatic rings. The number of anilines is 1. The van der Waals surface area contributed by atoms with Gasteiger partial charge in [0.1, 0.15) is 11.6 Å². The average Bonchev–Trinajstić information content (AvgIpc) is 2.76. The van der Waals surface area contributed by atoms with Gasteiger partial charge in [-0.05, 0) is 30.3 Å². The van der Waals surface area contributed by atoms with E-state index in [1.807, 2.05) is 0 Å². The Hall–Kier alpha value is -1.91. The van der Waals surface area contributed by atoms with Crippen LogP contribution in [0.5, 0.6) is 5.75 Å². The summed E-state index contributed by atoms with van der Waals surface area (Å²) < 4.78 is 0. The smallest absolute Gasteiger partial charge is 0.145 e. The zero-order valence-electron chi connectivity index (χ0n) is 9.61. The van der Waals surface area contributed by atoms with Crippen molar-refractivity contribution < 1.29 is 5.11 Å². The van der Waals surface area contributed by atoms with Crippen LogP contribution in [-0.2, 0) is 0 Å². The van der Waals surface area contributed by atoms with Gasteiger partial charge in [0.2, 0.25) is 0 Å². The van der Waals surface area contributed by atoms with E-state index in [1.54, 1.807) is 24.3 Å². The van der Waals surface area contributed by atoms with Gasteiger partial charge in [0, 0.05) is 10.7 Å². The fraction of sp³-hybridized carbons (Fsp3) is 0. The van der Waals surface area contributed by atoms with Crippen LogP contribution in [0.4, 0.5) is 5.69 Å². The van der Waals surface area contributed by atoms with Crippen molar-refractivity contribution in [3.8, 4) is 17.1 Å². The molecule has 0 aliphatic carbocycles. The number of phenols is 1. The second kappa shape index (κ2) is 4.33. The third kappa shape index (κ3) is 2.09. The van der Waals surface area contributed by atoms with Crippen molar-refractivity contribution in [2.45, 2.75) is 0 Å². The van der Waals surface area contributed by atoms with Gasteiger partial charge in [-0.3, -0.25) is 0 Å². The first kappa shape index (κ1) is 12.1. The second-order valence-electron chi connectivity index (χ2n) is 4.15. The van der Waals surface area contributed by atoms with Crippen LogP contribution in [0.15, 0.2) is 30.3 Å². The summed E-state index contributed by atoms with van der Waals surface area (Å²) in [5.41, 5.74) is 8.33. The van der Waals surface area contributed by atoms with Gasteiger partial charge in [-0.1, -0.05) is 23.2 Å². The average molecular weight is 294 g/mol. The molecule has 0 radical (unpaired) electrons. The highest BCUT2D eigenvalue weighted by atomic mass is 35.5. The van der Waals surface area contributed by atoms with Crippen molar-refractivity contribution >= 4 is 39.9 Å². The molecule has 0 spiro atoms. The summed E-state index contributed by atoms with van der Waals surface area (Å²) in [5.74, 6) is 0.431. The lowest BCUT2D eigenvalue weighted by Gasteiger charge is -2.04. The van der Waals surface area contributed by atoms with Gasteiger partial charge in [0.05, 0.1) is 21.6 Å². The van der Waals surface area contributed by atoms with Gasteiger partial charge in [0.25, 0.3) is 0 Å². The number of nitrogen functional groups attached to an aromatic ring is 1. The van der Waals surface area contributed by atoms with Gasteiger partial charge in [-0.2, -0.15) is 0 Å². The van der Waals surface area contributed by atoms with Crippen molar-refractivity contribution in [1.29, 1.82) is 0 Å². The number of aromatic nitrogens is 2. The maximum Gasteiger partial charge on any atom is 0.145 e. The van der Waals surface area contributed by atoms with E-state index in [9.17, 15) is 5.11 Å². The van der Waals surface area contributed by atoms with E-state index in [-0.39, 0.29) is 10.8 Å². The fourth-order valence-corrected chi connectivity index (χ4v) is 2.39. The molecule has 0 atom stereocenters. The minimum atomic E-state index is -0.0573. The Balaban J connectivity index is 2.24. The van der Waals surface area contributed by atoms with E-state index in [1.165, 1.54) is 6.07 Å². The number of H-pyrrole nitrogens is 1. The number of fused-ring (bicyclic) bond motifs is 1. The standard InChI is InChI=1S/C13H9Cl2N3O/c14-6-3-8(12(19)9(15)4-6)13-17-10-2-1-7(16)5-11(10)18-13/h1-5,19H,16H2,(H,17,18). The van der Waals surface area contributed by atoms with Crippen LogP contribution in [0.3, 0.4) is 0 Å². The SMILES string of the molecule is Nc1ccc2nc(-c3cc(Cl)cc(Cl)c3O)[nH]c2c1. The summed E-state index contributed by atoms with van der Waals surface area (Å²) in [7, 11) is 0. The van der Waals surface area contributed by atoms with Gasteiger partial charge in [-0.25, -0.2) is 4.98 Å². The molecule has 2 aromatic carbocycles. The maximum atomic E-state index is 9.98. The highest BCUT2D eigenvalue weighted by Gasteiger charge is 2.13. The lowest BCUT2D eigenvalue weighted by Crippen LogP contribution is -1.83. The van der Waals surface area contributed by atoms with E-state index < -0.39 is 0 Å². The van der Waals surface area contributed by atoms with Gasteiger partial charge < -0.3 is 15.8 Å². The first-order valence-corrected chi connectivity index (χ1v) is 6.24. The summed E-state index contributed by atoms with van der Waals surface area (Å²) >= 11 is 11.8. The molecule has 3 aromatic rings. The van der Waals surface area contributed by atoms with Crippen molar-refractivity contribution in [3.63, 3.8) is 0 Å². The van der Waals surface area contributed by atoms with Crippen LogP contribution in [0.2, 0.25) is 10.0 Å². The highest BCUT2D eigenvalue weighted by Crippen LogP contribution is 2.37. The molecule has 6 heteroatoms. The molecule has 19 heavy (non-hydrogen) atoms. The Labute approximate surface area is 118 Å². The van der Waals surface area contributed by atoms with Crippen LogP contribution in [0.25, 0.3) is 22.4 Å². The Kier molecular flexibility index (Phi) is 2.77. The zero-order valence-corrected chi connectivity index (χ0v) is 11.1. The van der Waals surface area contributed by atoms with Crippen LogP contribution < -0.4 is 5.73 Å².